The molecule has 1 N–H and O–H groups in total. The molecule has 1 aromatic carbocycles. The van der Waals surface area contributed by atoms with E-state index in [1.54, 1.807) is 10.7 Å². The summed E-state index contributed by atoms with van der Waals surface area (Å²) in [5.74, 6) is 0. The largest absolute Gasteiger partial charge is 0.392 e. The van der Waals surface area contributed by atoms with Crippen molar-refractivity contribution in [2.24, 2.45) is 0 Å². The predicted molar refractivity (Wildman–Crippen MR) is 64.0 cm³/mol. The molecule has 16 heavy (non-hydrogen) atoms. The summed E-state index contributed by atoms with van der Waals surface area (Å²) < 4.78 is 1.80. The number of rotatable bonds is 2. The lowest BCUT2D eigenvalue weighted by molar-refractivity contribution is 0.281. The summed E-state index contributed by atoms with van der Waals surface area (Å²) in [7, 11) is 0. The van der Waals surface area contributed by atoms with Gasteiger partial charge < -0.3 is 5.11 Å². The standard InChI is InChI=1S/C12H13ClN2O/c1-8-6-9(2)15(14-8)12-5-3-4-11(13)10(12)7-16/h3-6,16H,7H2,1-2H3. The molecule has 0 bridgehead atoms. The Kier molecular flexibility index (Phi) is 2.99. The minimum absolute atomic E-state index is 0.0899. The van der Waals surface area contributed by atoms with Gasteiger partial charge in [-0.15, -0.1) is 0 Å². The fourth-order valence-electron chi connectivity index (χ4n) is 1.78. The molecule has 2 aromatic rings. The summed E-state index contributed by atoms with van der Waals surface area (Å²) in [6.45, 7) is 3.82. The number of aryl methyl sites for hydroxylation is 2. The molecule has 0 fully saturated rings. The molecule has 0 saturated carbocycles. The van der Waals surface area contributed by atoms with Crippen molar-refractivity contribution in [1.82, 2.24) is 9.78 Å². The fraction of sp³-hybridized carbons (Fsp3) is 0.250. The van der Waals surface area contributed by atoms with Gasteiger partial charge >= 0.3 is 0 Å². The fourth-order valence-corrected chi connectivity index (χ4v) is 2.00. The van der Waals surface area contributed by atoms with Crippen LogP contribution in [0.1, 0.15) is 17.0 Å². The van der Waals surface area contributed by atoms with Crippen molar-refractivity contribution in [2.45, 2.75) is 20.5 Å². The predicted octanol–water partition coefficient (Wildman–Crippen LogP) is 2.63. The van der Waals surface area contributed by atoms with E-state index < -0.39 is 0 Å². The number of nitrogens with zero attached hydrogens (tertiary/aromatic N) is 2. The number of benzene rings is 1. The third-order valence-electron chi connectivity index (χ3n) is 2.49. The highest BCUT2D eigenvalue weighted by Crippen LogP contribution is 2.24. The maximum absolute atomic E-state index is 9.33. The lowest BCUT2D eigenvalue weighted by Crippen LogP contribution is -2.04. The normalized spacial score (nSPS) is 10.8. The monoisotopic (exact) mass is 236 g/mol. The zero-order chi connectivity index (χ0) is 11.7. The van der Waals surface area contributed by atoms with Gasteiger partial charge in [-0.1, -0.05) is 17.7 Å². The highest BCUT2D eigenvalue weighted by Gasteiger charge is 2.10. The maximum atomic E-state index is 9.33. The minimum atomic E-state index is -0.0899. The maximum Gasteiger partial charge on any atom is 0.0718 e. The van der Waals surface area contributed by atoms with E-state index in [0.717, 1.165) is 17.1 Å². The van der Waals surface area contributed by atoms with Crippen LogP contribution >= 0.6 is 11.6 Å². The number of halogens is 1. The van der Waals surface area contributed by atoms with Crippen LogP contribution in [0, 0.1) is 13.8 Å². The molecule has 0 aliphatic rings. The number of aromatic nitrogens is 2. The summed E-state index contributed by atoms with van der Waals surface area (Å²) in [5.41, 5.74) is 3.51. The molecule has 0 amide bonds. The molecule has 84 valence electrons. The van der Waals surface area contributed by atoms with Crippen LogP contribution in [0.15, 0.2) is 24.3 Å². The Labute approximate surface area is 99.3 Å². The molecule has 0 aliphatic carbocycles. The van der Waals surface area contributed by atoms with E-state index in [9.17, 15) is 5.11 Å². The first kappa shape index (κ1) is 11.2. The van der Waals surface area contributed by atoms with Crippen molar-refractivity contribution in [2.75, 3.05) is 0 Å². The quantitative estimate of drug-likeness (QED) is 0.871. The Hall–Kier alpha value is -1.32. The summed E-state index contributed by atoms with van der Waals surface area (Å²) in [6, 6.07) is 7.51. The van der Waals surface area contributed by atoms with Crippen molar-refractivity contribution in [3.8, 4) is 5.69 Å². The molecule has 4 heteroatoms. The van der Waals surface area contributed by atoms with Crippen LogP contribution in [0.3, 0.4) is 0 Å². The highest BCUT2D eigenvalue weighted by atomic mass is 35.5. The lowest BCUT2D eigenvalue weighted by Gasteiger charge is -2.10. The second kappa shape index (κ2) is 4.28. The topological polar surface area (TPSA) is 38.0 Å². The van der Waals surface area contributed by atoms with Crippen LogP contribution in [0.5, 0.6) is 0 Å². The molecule has 1 heterocycles. The molecule has 0 radical (unpaired) electrons. The van der Waals surface area contributed by atoms with E-state index in [4.69, 9.17) is 11.6 Å². The Morgan fingerprint density at radius 1 is 1.38 bits per heavy atom. The first-order valence-electron chi connectivity index (χ1n) is 5.05. The van der Waals surface area contributed by atoms with Gasteiger partial charge in [0.1, 0.15) is 0 Å². The van der Waals surface area contributed by atoms with Gasteiger partial charge in [0.25, 0.3) is 0 Å². The first-order chi connectivity index (χ1) is 7.63. The van der Waals surface area contributed by atoms with Gasteiger partial charge in [-0.05, 0) is 32.0 Å². The summed E-state index contributed by atoms with van der Waals surface area (Å²) in [5, 5.41) is 14.3. The Balaban J connectivity index is 2.64. The molecule has 3 nitrogen and oxygen atoms in total. The zero-order valence-corrected chi connectivity index (χ0v) is 9.99. The van der Waals surface area contributed by atoms with Crippen LogP contribution in [0.4, 0.5) is 0 Å². The average Bonchev–Trinajstić information content (AvgIpc) is 2.57. The summed E-state index contributed by atoms with van der Waals surface area (Å²) in [6.07, 6.45) is 0. The average molecular weight is 237 g/mol. The Morgan fingerprint density at radius 3 is 2.69 bits per heavy atom. The van der Waals surface area contributed by atoms with Crippen LogP contribution < -0.4 is 0 Å². The summed E-state index contributed by atoms with van der Waals surface area (Å²) in [4.78, 5) is 0. The van der Waals surface area contributed by atoms with Gasteiger partial charge in [0.2, 0.25) is 0 Å². The van der Waals surface area contributed by atoms with E-state index in [0.29, 0.717) is 10.6 Å². The molecule has 0 aliphatic heterocycles. The smallest absolute Gasteiger partial charge is 0.0718 e. The van der Waals surface area contributed by atoms with Crippen molar-refractivity contribution in [3.05, 3.63) is 46.2 Å². The van der Waals surface area contributed by atoms with Crippen molar-refractivity contribution in [1.29, 1.82) is 0 Å². The molecular formula is C12H13ClN2O. The molecule has 0 spiro atoms. The van der Waals surface area contributed by atoms with Crippen LogP contribution in [-0.2, 0) is 6.61 Å². The number of aliphatic hydroxyl groups excluding tert-OH is 1. The van der Waals surface area contributed by atoms with Gasteiger partial charge in [-0.3, -0.25) is 0 Å². The third kappa shape index (κ3) is 1.84. The molecule has 0 atom stereocenters. The van der Waals surface area contributed by atoms with E-state index in [1.165, 1.54) is 0 Å². The van der Waals surface area contributed by atoms with Gasteiger partial charge in [-0.2, -0.15) is 5.10 Å². The SMILES string of the molecule is Cc1cc(C)n(-c2cccc(Cl)c2CO)n1. The second-order valence-electron chi connectivity index (χ2n) is 3.73. The second-order valence-corrected chi connectivity index (χ2v) is 4.14. The van der Waals surface area contributed by atoms with Crippen molar-refractivity contribution < 1.29 is 5.11 Å². The summed E-state index contributed by atoms with van der Waals surface area (Å²) >= 11 is 6.04. The van der Waals surface area contributed by atoms with Gasteiger partial charge in [0.05, 0.1) is 18.0 Å². The molecule has 2 rings (SSSR count). The van der Waals surface area contributed by atoms with E-state index in [1.807, 2.05) is 32.0 Å². The van der Waals surface area contributed by atoms with E-state index >= 15 is 0 Å². The van der Waals surface area contributed by atoms with E-state index in [-0.39, 0.29) is 6.61 Å². The molecule has 0 saturated heterocycles. The minimum Gasteiger partial charge on any atom is -0.392 e. The first-order valence-corrected chi connectivity index (χ1v) is 5.43. The lowest BCUT2D eigenvalue weighted by atomic mass is 10.2. The number of hydrogen-bond donors (Lipinski definition) is 1. The number of aliphatic hydroxyl groups is 1. The van der Waals surface area contributed by atoms with Gasteiger partial charge in [-0.25, -0.2) is 4.68 Å². The van der Waals surface area contributed by atoms with Crippen molar-refractivity contribution >= 4 is 11.6 Å². The van der Waals surface area contributed by atoms with Crippen LogP contribution in [0.2, 0.25) is 5.02 Å². The van der Waals surface area contributed by atoms with Crippen LogP contribution in [0.25, 0.3) is 5.69 Å². The third-order valence-corrected chi connectivity index (χ3v) is 2.84. The molecule has 0 unspecified atom stereocenters. The van der Waals surface area contributed by atoms with Gasteiger partial charge in [0.15, 0.2) is 0 Å². The van der Waals surface area contributed by atoms with Gasteiger partial charge in [0, 0.05) is 16.3 Å². The number of hydrogen-bond acceptors (Lipinski definition) is 2. The van der Waals surface area contributed by atoms with E-state index in [2.05, 4.69) is 5.10 Å². The van der Waals surface area contributed by atoms with Crippen molar-refractivity contribution in [3.63, 3.8) is 0 Å². The Morgan fingerprint density at radius 2 is 2.12 bits per heavy atom. The highest BCUT2D eigenvalue weighted by molar-refractivity contribution is 6.31. The zero-order valence-electron chi connectivity index (χ0n) is 9.24. The Bertz CT molecular complexity index is 520. The molecule has 1 aromatic heterocycles. The molecular weight excluding hydrogens is 224 g/mol. The van der Waals surface area contributed by atoms with Crippen LogP contribution in [-0.4, -0.2) is 14.9 Å².